The maximum absolute atomic E-state index is 12.2. The minimum atomic E-state index is 0.0389. The lowest BCUT2D eigenvalue weighted by atomic mass is 10.1. The summed E-state index contributed by atoms with van der Waals surface area (Å²) in [7, 11) is 0. The van der Waals surface area contributed by atoms with Crippen molar-refractivity contribution in [2.45, 2.75) is 0 Å². The Labute approximate surface area is 150 Å². The van der Waals surface area contributed by atoms with Crippen molar-refractivity contribution in [3.8, 4) is 17.9 Å². The maximum Gasteiger partial charge on any atom is 0.202 e. The van der Waals surface area contributed by atoms with Gasteiger partial charge in [0.25, 0.3) is 0 Å². The lowest BCUT2D eigenvalue weighted by Gasteiger charge is -2.01. The van der Waals surface area contributed by atoms with Crippen molar-refractivity contribution in [2.24, 2.45) is 0 Å². The van der Waals surface area contributed by atoms with E-state index in [0.29, 0.717) is 17.7 Å². The molecule has 1 N–H and O–H groups in total. The number of carbonyl (C=O) groups is 1. The fourth-order valence-electron chi connectivity index (χ4n) is 2.21. The van der Waals surface area contributed by atoms with E-state index in [1.54, 1.807) is 24.3 Å². The van der Waals surface area contributed by atoms with Crippen molar-refractivity contribution in [1.29, 1.82) is 5.26 Å². The molecule has 0 saturated heterocycles. The molecule has 0 aliphatic rings. The Morgan fingerprint density at radius 3 is 2.36 bits per heavy atom. The summed E-state index contributed by atoms with van der Waals surface area (Å²) in [5, 5.41) is 13.8. The van der Waals surface area contributed by atoms with Crippen LogP contribution in [0.1, 0.15) is 26.4 Å². The summed E-state index contributed by atoms with van der Waals surface area (Å²) in [6.07, 6.45) is 0. The van der Waals surface area contributed by atoms with E-state index in [4.69, 9.17) is 5.26 Å². The molecule has 1 aromatic heterocycles. The molecule has 0 aliphatic heterocycles. The van der Waals surface area contributed by atoms with Gasteiger partial charge in [0.05, 0.1) is 23.1 Å². The lowest BCUT2D eigenvalue weighted by Crippen LogP contribution is -1.99. The van der Waals surface area contributed by atoms with Gasteiger partial charge in [0.1, 0.15) is 0 Å². The second kappa shape index (κ2) is 7.97. The number of nitriles is 1. The van der Waals surface area contributed by atoms with Gasteiger partial charge in [0.2, 0.25) is 5.78 Å². The van der Waals surface area contributed by atoms with Gasteiger partial charge in [0.15, 0.2) is 0 Å². The molecular weight excluding hydrogens is 328 g/mol. The number of hydrogen-bond acceptors (Lipinski definition) is 4. The Balaban J connectivity index is 1.57. The second-order valence-corrected chi connectivity index (χ2v) is 6.18. The van der Waals surface area contributed by atoms with Crippen LogP contribution in [-0.2, 0) is 0 Å². The topological polar surface area (TPSA) is 52.9 Å². The molecule has 120 valence electrons. The summed E-state index contributed by atoms with van der Waals surface area (Å²) in [4.78, 5) is 13.0. The lowest BCUT2D eigenvalue weighted by molar-refractivity contribution is 0.104. The van der Waals surface area contributed by atoms with Crippen molar-refractivity contribution in [3.63, 3.8) is 0 Å². The molecule has 0 fully saturated rings. The Morgan fingerprint density at radius 1 is 1.00 bits per heavy atom. The van der Waals surface area contributed by atoms with Gasteiger partial charge >= 0.3 is 0 Å². The third kappa shape index (κ3) is 4.35. The fourth-order valence-corrected chi connectivity index (χ4v) is 2.90. The van der Waals surface area contributed by atoms with Gasteiger partial charge in [-0.05, 0) is 60.0 Å². The van der Waals surface area contributed by atoms with E-state index in [1.807, 2.05) is 41.8 Å². The van der Waals surface area contributed by atoms with Crippen LogP contribution in [0.5, 0.6) is 0 Å². The van der Waals surface area contributed by atoms with E-state index < -0.39 is 0 Å². The highest BCUT2D eigenvalue weighted by Crippen LogP contribution is 2.15. The largest absolute Gasteiger partial charge is 0.374 e. The molecule has 2 aromatic carbocycles. The molecule has 3 rings (SSSR count). The molecule has 0 aliphatic carbocycles. The third-order valence-corrected chi connectivity index (χ3v) is 4.39. The number of nitrogens with one attached hydrogen (secondary N) is 1. The monoisotopic (exact) mass is 342 g/mol. The summed E-state index contributed by atoms with van der Waals surface area (Å²) in [5.74, 6) is 6.15. The van der Waals surface area contributed by atoms with E-state index in [2.05, 4.69) is 23.2 Å². The minimum Gasteiger partial charge on any atom is -0.374 e. The molecule has 3 aromatic rings. The molecule has 0 atom stereocenters. The van der Waals surface area contributed by atoms with E-state index in [9.17, 15) is 4.79 Å². The van der Waals surface area contributed by atoms with Crippen LogP contribution in [0.3, 0.4) is 0 Å². The van der Waals surface area contributed by atoms with Crippen molar-refractivity contribution in [2.75, 3.05) is 11.9 Å². The summed E-state index contributed by atoms with van der Waals surface area (Å²) < 4.78 is 0. The number of benzene rings is 2. The first-order valence-electron chi connectivity index (χ1n) is 7.67. The number of ketones is 1. The molecule has 0 amide bonds. The number of anilines is 1. The van der Waals surface area contributed by atoms with Gasteiger partial charge in [-0.1, -0.05) is 17.9 Å². The predicted molar refractivity (Wildman–Crippen MR) is 101 cm³/mol. The summed E-state index contributed by atoms with van der Waals surface area (Å²) in [5.41, 5.74) is 3.09. The van der Waals surface area contributed by atoms with E-state index in [-0.39, 0.29) is 5.78 Å². The van der Waals surface area contributed by atoms with Crippen LogP contribution in [0.2, 0.25) is 0 Å². The van der Waals surface area contributed by atoms with E-state index >= 15 is 0 Å². The first-order valence-corrected chi connectivity index (χ1v) is 8.55. The Bertz CT molecular complexity index is 954. The van der Waals surface area contributed by atoms with E-state index in [0.717, 1.165) is 16.1 Å². The van der Waals surface area contributed by atoms with Crippen molar-refractivity contribution >= 4 is 22.8 Å². The van der Waals surface area contributed by atoms with Crippen LogP contribution in [0.15, 0.2) is 66.0 Å². The van der Waals surface area contributed by atoms with Gasteiger partial charge < -0.3 is 5.32 Å². The van der Waals surface area contributed by atoms with Gasteiger partial charge in [-0.15, -0.1) is 11.3 Å². The smallest absolute Gasteiger partial charge is 0.202 e. The van der Waals surface area contributed by atoms with E-state index in [1.165, 1.54) is 11.3 Å². The standard InChI is InChI=1S/C21H14N2OS/c22-15-17-7-11-19(12-8-17)23-13-1-3-16-5-9-18(10-6-16)21(24)20-4-2-14-25-20/h2,4-12,14,23H,13H2. The molecular formula is C21H14N2OS. The zero-order chi connectivity index (χ0) is 17.5. The summed E-state index contributed by atoms with van der Waals surface area (Å²) >= 11 is 1.44. The summed E-state index contributed by atoms with van der Waals surface area (Å²) in [6.45, 7) is 0.502. The SMILES string of the molecule is N#Cc1ccc(NCC#Cc2ccc(C(=O)c3cccs3)cc2)cc1. The third-order valence-electron chi connectivity index (χ3n) is 3.52. The number of carbonyl (C=O) groups excluding carboxylic acids is 1. The Hall–Kier alpha value is -3.34. The molecule has 1 heterocycles. The normalized spacial score (nSPS) is 9.56. The molecule has 3 nitrogen and oxygen atoms in total. The zero-order valence-electron chi connectivity index (χ0n) is 13.3. The average molecular weight is 342 g/mol. The van der Waals surface area contributed by atoms with Gasteiger partial charge in [-0.3, -0.25) is 4.79 Å². The van der Waals surface area contributed by atoms with Gasteiger partial charge in [-0.2, -0.15) is 5.26 Å². The number of rotatable bonds is 4. The highest BCUT2D eigenvalue weighted by atomic mass is 32.1. The average Bonchev–Trinajstić information content (AvgIpc) is 3.20. The first-order chi connectivity index (χ1) is 12.3. The molecule has 25 heavy (non-hydrogen) atoms. The molecule has 0 bridgehead atoms. The van der Waals surface area contributed by atoms with Crippen LogP contribution < -0.4 is 5.32 Å². The van der Waals surface area contributed by atoms with Crippen LogP contribution in [-0.4, -0.2) is 12.3 Å². The molecule has 4 heteroatoms. The summed E-state index contributed by atoms with van der Waals surface area (Å²) in [6, 6.07) is 20.3. The minimum absolute atomic E-state index is 0.0389. The van der Waals surface area contributed by atoms with Crippen LogP contribution in [0.4, 0.5) is 5.69 Å². The quantitative estimate of drug-likeness (QED) is 0.568. The van der Waals surface area contributed by atoms with Gasteiger partial charge in [0, 0.05) is 16.8 Å². The first kappa shape index (κ1) is 16.5. The van der Waals surface area contributed by atoms with Gasteiger partial charge in [-0.25, -0.2) is 0 Å². The van der Waals surface area contributed by atoms with Crippen molar-refractivity contribution in [3.05, 3.63) is 87.6 Å². The molecule has 0 unspecified atom stereocenters. The number of hydrogen-bond donors (Lipinski definition) is 1. The highest BCUT2D eigenvalue weighted by Gasteiger charge is 2.08. The van der Waals surface area contributed by atoms with Crippen LogP contribution in [0.25, 0.3) is 0 Å². The zero-order valence-corrected chi connectivity index (χ0v) is 14.1. The maximum atomic E-state index is 12.2. The Morgan fingerprint density at radius 2 is 1.72 bits per heavy atom. The van der Waals surface area contributed by atoms with Crippen molar-refractivity contribution < 1.29 is 4.79 Å². The Kier molecular flexibility index (Phi) is 5.26. The highest BCUT2D eigenvalue weighted by molar-refractivity contribution is 7.12. The fraction of sp³-hybridized carbons (Fsp3) is 0.0476. The number of thiophene rings is 1. The van der Waals surface area contributed by atoms with Crippen molar-refractivity contribution in [1.82, 2.24) is 0 Å². The van der Waals surface area contributed by atoms with Crippen LogP contribution in [0, 0.1) is 23.2 Å². The second-order valence-electron chi connectivity index (χ2n) is 5.23. The molecule has 0 saturated carbocycles. The molecule has 0 spiro atoms. The number of nitrogens with zero attached hydrogens (tertiary/aromatic N) is 1. The van der Waals surface area contributed by atoms with Crippen LogP contribution >= 0.6 is 11.3 Å². The predicted octanol–water partition coefficient (Wildman–Crippen LogP) is 4.31. The molecule has 0 radical (unpaired) electrons.